The van der Waals surface area contributed by atoms with E-state index in [4.69, 9.17) is 5.73 Å². The normalized spacial score (nSPS) is 18.9. The van der Waals surface area contributed by atoms with Crippen molar-refractivity contribution in [1.29, 1.82) is 0 Å². The third-order valence-corrected chi connectivity index (χ3v) is 9.76. The summed E-state index contributed by atoms with van der Waals surface area (Å²) < 4.78 is 0. The average Bonchev–Trinajstić information content (AvgIpc) is 3.33. The van der Waals surface area contributed by atoms with E-state index in [1.165, 1.54) is 52.1 Å². The Kier molecular flexibility index (Phi) is 9.59. The summed E-state index contributed by atoms with van der Waals surface area (Å²) in [5.41, 5.74) is 12.6. The Morgan fingerprint density at radius 1 is 0.846 bits per heavy atom. The molecule has 2 aliphatic rings. The highest BCUT2D eigenvalue weighted by atomic mass is 32.1. The molecule has 1 heterocycles. The fourth-order valence-electron chi connectivity index (χ4n) is 6.72. The number of thiazole rings is 1. The van der Waals surface area contributed by atoms with Crippen LogP contribution in [0.5, 0.6) is 5.75 Å². The Morgan fingerprint density at radius 2 is 1.46 bits per heavy atom. The number of nitrogens with zero attached hydrogens (tertiary/aromatic N) is 3. The van der Waals surface area contributed by atoms with Gasteiger partial charge in [-0.15, -0.1) is 11.3 Å². The number of rotatable bonds is 12. The van der Waals surface area contributed by atoms with Crippen LogP contribution in [-0.2, 0) is 38.5 Å². The molecule has 3 N–H and O–H groups in total. The fourth-order valence-corrected chi connectivity index (χ4v) is 7.66. The molecule has 5 nitrogen and oxygen atoms in total. The van der Waals surface area contributed by atoms with Crippen molar-refractivity contribution in [2.24, 2.45) is 0 Å². The first-order valence-electron chi connectivity index (χ1n) is 15.1. The summed E-state index contributed by atoms with van der Waals surface area (Å²) in [5, 5.41) is 11.0. The minimum Gasteiger partial charge on any atom is -0.508 e. The lowest BCUT2D eigenvalue weighted by Gasteiger charge is -2.35. The third-order valence-electron chi connectivity index (χ3n) is 8.81. The first-order chi connectivity index (χ1) is 19.0. The molecule has 2 atom stereocenters. The molecule has 5 rings (SSSR count). The summed E-state index contributed by atoms with van der Waals surface area (Å²) in [5.74, 6) is 0.476. The fraction of sp³-hybridized carbons (Fsp3) is 0.545. The monoisotopic (exact) mass is 546 g/mol. The van der Waals surface area contributed by atoms with Crippen molar-refractivity contribution in [1.82, 2.24) is 14.8 Å². The molecule has 0 radical (unpaired) electrons. The summed E-state index contributed by atoms with van der Waals surface area (Å²) in [6, 6.07) is 16.6. The van der Waals surface area contributed by atoms with Crippen LogP contribution in [0.15, 0.2) is 42.5 Å². The van der Waals surface area contributed by atoms with Gasteiger partial charge in [0.25, 0.3) is 0 Å². The van der Waals surface area contributed by atoms with E-state index in [1.54, 1.807) is 11.3 Å². The van der Waals surface area contributed by atoms with E-state index in [9.17, 15) is 5.11 Å². The second kappa shape index (κ2) is 13.3. The van der Waals surface area contributed by atoms with Gasteiger partial charge >= 0.3 is 0 Å². The minimum absolute atomic E-state index is 0.476. The molecule has 0 unspecified atom stereocenters. The zero-order valence-corrected chi connectivity index (χ0v) is 24.7. The standard InChI is InChI=1S/C33H46N4OS/c1-3-18-36(27-12-14-29-26(22-27)6-5-7-31(29)38)20-16-24-8-10-25(11-9-24)17-21-37(19-4-2)28-13-15-30-32(23-28)39-33(34)35-30/h5-11,27-28,38H,3-4,12-23H2,1-2H3,(H2,34,35)/t27-,28-/m0/s1. The van der Waals surface area contributed by atoms with Crippen LogP contribution in [0, 0.1) is 0 Å². The summed E-state index contributed by atoms with van der Waals surface area (Å²) >= 11 is 1.69. The van der Waals surface area contributed by atoms with Gasteiger partial charge < -0.3 is 10.8 Å². The number of aryl methyl sites for hydroxylation is 1. The lowest BCUT2D eigenvalue weighted by molar-refractivity contribution is 0.181. The molecule has 1 aromatic heterocycles. The van der Waals surface area contributed by atoms with Crippen molar-refractivity contribution < 1.29 is 5.11 Å². The highest BCUT2D eigenvalue weighted by Crippen LogP contribution is 2.32. The topological polar surface area (TPSA) is 65.6 Å². The van der Waals surface area contributed by atoms with Crippen LogP contribution >= 0.6 is 11.3 Å². The Hall–Kier alpha value is -2.41. The van der Waals surface area contributed by atoms with Crippen molar-refractivity contribution >= 4 is 16.5 Å². The number of anilines is 1. The quantitative estimate of drug-likeness (QED) is 0.289. The van der Waals surface area contributed by atoms with Gasteiger partial charge in [0.05, 0.1) is 5.69 Å². The van der Waals surface area contributed by atoms with Gasteiger partial charge in [0.15, 0.2) is 5.13 Å². The van der Waals surface area contributed by atoms with Gasteiger partial charge in [-0.3, -0.25) is 9.80 Å². The molecule has 2 aliphatic carbocycles. The number of nitrogens with two attached hydrogens (primary N) is 1. The summed E-state index contributed by atoms with van der Waals surface area (Å²) in [6.45, 7) is 9.09. The molecule has 0 aliphatic heterocycles. The van der Waals surface area contributed by atoms with Crippen molar-refractivity contribution in [3.05, 3.63) is 75.3 Å². The van der Waals surface area contributed by atoms with Crippen LogP contribution in [-0.4, -0.2) is 58.2 Å². The molecule has 0 saturated carbocycles. The molecule has 6 heteroatoms. The predicted octanol–water partition coefficient (Wildman–Crippen LogP) is 6.05. The van der Waals surface area contributed by atoms with Crippen LogP contribution in [0.3, 0.4) is 0 Å². The van der Waals surface area contributed by atoms with E-state index < -0.39 is 0 Å². The highest BCUT2D eigenvalue weighted by Gasteiger charge is 2.27. The Morgan fingerprint density at radius 3 is 2.10 bits per heavy atom. The summed E-state index contributed by atoms with van der Waals surface area (Å²) in [7, 11) is 0. The number of fused-ring (bicyclic) bond motifs is 2. The molecular weight excluding hydrogens is 500 g/mol. The molecule has 3 aromatic rings. The van der Waals surface area contributed by atoms with E-state index in [0.717, 1.165) is 76.3 Å². The molecule has 0 bridgehead atoms. The smallest absolute Gasteiger partial charge is 0.180 e. The zero-order chi connectivity index (χ0) is 27.2. The van der Waals surface area contributed by atoms with Crippen molar-refractivity contribution in [3.63, 3.8) is 0 Å². The first kappa shape index (κ1) is 28.1. The van der Waals surface area contributed by atoms with E-state index in [2.05, 4.69) is 59.0 Å². The van der Waals surface area contributed by atoms with Gasteiger partial charge in [-0.25, -0.2) is 4.98 Å². The first-order valence-corrected chi connectivity index (χ1v) is 15.9. The van der Waals surface area contributed by atoms with Gasteiger partial charge in [-0.05, 0) is 106 Å². The molecular formula is C33H46N4OS. The number of phenols is 1. The molecule has 0 amide bonds. The van der Waals surface area contributed by atoms with E-state index in [1.807, 2.05) is 12.1 Å². The number of hydrogen-bond donors (Lipinski definition) is 2. The Labute approximate surface area is 239 Å². The second-order valence-electron chi connectivity index (χ2n) is 11.5. The number of hydrogen-bond acceptors (Lipinski definition) is 6. The largest absolute Gasteiger partial charge is 0.508 e. The van der Waals surface area contributed by atoms with E-state index in [0.29, 0.717) is 17.8 Å². The third kappa shape index (κ3) is 7.03. The maximum atomic E-state index is 10.2. The maximum absolute atomic E-state index is 10.2. The van der Waals surface area contributed by atoms with Crippen LogP contribution in [0.25, 0.3) is 0 Å². The van der Waals surface area contributed by atoms with Crippen LogP contribution < -0.4 is 5.73 Å². The molecule has 2 aromatic carbocycles. The highest BCUT2D eigenvalue weighted by molar-refractivity contribution is 7.15. The SMILES string of the molecule is CCCN(CCc1ccc(CCN(CCC)[C@H]2CCc3nc(N)sc3C2)cc1)[C@H]1CCc2c(O)cccc2C1. The average molecular weight is 547 g/mol. The number of aromatic hydroxyl groups is 1. The van der Waals surface area contributed by atoms with Crippen LogP contribution in [0.1, 0.15) is 72.4 Å². The maximum Gasteiger partial charge on any atom is 0.180 e. The number of aromatic nitrogens is 1. The predicted molar refractivity (Wildman–Crippen MR) is 164 cm³/mol. The lowest BCUT2D eigenvalue weighted by Crippen LogP contribution is -2.41. The Balaban J connectivity index is 1.13. The molecule has 0 spiro atoms. The number of nitrogen functional groups attached to an aromatic ring is 1. The van der Waals surface area contributed by atoms with Crippen molar-refractivity contribution in [3.8, 4) is 5.75 Å². The van der Waals surface area contributed by atoms with E-state index >= 15 is 0 Å². The zero-order valence-electron chi connectivity index (χ0n) is 23.9. The molecule has 0 fully saturated rings. The van der Waals surface area contributed by atoms with Gasteiger partial charge in [-0.2, -0.15) is 0 Å². The lowest BCUT2D eigenvalue weighted by atomic mass is 9.86. The minimum atomic E-state index is 0.476. The van der Waals surface area contributed by atoms with Gasteiger partial charge in [0, 0.05) is 30.1 Å². The second-order valence-corrected chi connectivity index (χ2v) is 12.6. The number of phenolic OH excluding ortho intramolecular Hbond substituents is 1. The van der Waals surface area contributed by atoms with Crippen LogP contribution in [0.4, 0.5) is 5.13 Å². The van der Waals surface area contributed by atoms with Gasteiger partial charge in [0.1, 0.15) is 5.75 Å². The summed E-state index contributed by atoms with van der Waals surface area (Å²) in [4.78, 5) is 11.3. The molecule has 0 saturated heterocycles. The van der Waals surface area contributed by atoms with Crippen molar-refractivity contribution in [2.45, 2.75) is 90.1 Å². The van der Waals surface area contributed by atoms with Gasteiger partial charge in [-0.1, -0.05) is 50.2 Å². The molecule has 210 valence electrons. The van der Waals surface area contributed by atoms with E-state index in [-0.39, 0.29) is 0 Å². The van der Waals surface area contributed by atoms with Crippen molar-refractivity contribution in [2.75, 3.05) is 31.9 Å². The van der Waals surface area contributed by atoms with Crippen LogP contribution in [0.2, 0.25) is 0 Å². The van der Waals surface area contributed by atoms with Gasteiger partial charge in [0.2, 0.25) is 0 Å². The summed E-state index contributed by atoms with van der Waals surface area (Å²) in [6.07, 6.45) is 11.1. The molecule has 39 heavy (non-hydrogen) atoms. The number of benzene rings is 2. The Bertz CT molecular complexity index is 1210.